The molecule has 0 heterocycles. The molecule has 0 atom stereocenters. The average Bonchev–Trinajstić information content (AvgIpc) is 2.28. The lowest BCUT2D eigenvalue weighted by atomic mass is 10.1. The third-order valence-electron chi connectivity index (χ3n) is 2.54. The van der Waals surface area contributed by atoms with Gasteiger partial charge < -0.3 is 5.11 Å². The van der Waals surface area contributed by atoms with Gasteiger partial charge in [-0.1, -0.05) is 42.5 Å². The maximum Gasteiger partial charge on any atom is 0.118 e. The third kappa shape index (κ3) is 3.77. The Morgan fingerprint density at radius 1 is 0.625 bits per heavy atom. The lowest BCUT2D eigenvalue weighted by molar-refractivity contribution is 0.471. The van der Waals surface area contributed by atoms with Gasteiger partial charge in [-0.3, -0.25) is 0 Å². The Labute approximate surface area is 97.4 Å². The van der Waals surface area contributed by atoms with E-state index in [1.54, 1.807) is 6.07 Å². The molecule has 0 aliphatic carbocycles. The SMILES string of the molecule is Cc1ccccc1C.Cc1ccccc1O. The van der Waals surface area contributed by atoms with Crippen LogP contribution in [0, 0.1) is 20.8 Å². The first kappa shape index (κ1) is 12.3. The molecule has 2 aromatic carbocycles. The fraction of sp³-hybridized carbons (Fsp3) is 0.200. The Morgan fingerprint density at radius 3 is 1.25 bits per heavy atom. The fourth-order valence-electron chi connectivity index (χ4n) is 1.23. The largest absolute Gasteiger partial charge is 0.508 e. The average molecular weight is 214 g/mol. The van der Waals surface area contributed by atoms with Gasteiger partial charge in [0.15, 0.2) is 0 Å². The molecule has 0 radical (unpaired) electrons. The van der Waals surface area contributed by atoms with Crippen molar-refractivity contribution in [3.05, 3.63) is 65.2 Å². The number of phenols is 1. The van der Waals surface area contributed by atoms with Gasteiger partial charge in [0.05, 0.1) is 0 Å². The first-order chi connectivity index (χ1) is 7.61. The highest BCUT2D eigenvalue weighted by Crippen LogP contribution is 2.12. The van der Waals surface area contributed by atoms with Gasteiger partial charge in [-0.2, -0.15) is 0 Å². The van der Waals surface area contributed by atoms with Crippen LogP contribution >= 0.6 is 0 Å². The summed E-state index contributed by atoms with van der Waals surface area (Å²) in [4.78, 5) is 0. The van der Waals surface area contributed by atoms with Crippen LogP contribution in [0.3, 0.4) is 0 Å². The molecule has 16 heavy (non-hydrogen) atoms. The van der Waals surface area contributed by atoms with Gasteiger partial charge in [0.2, 0.25) is 0 Å². The molecule has 2 aromatic rings. The quantitative estimate of drug-likeness (QED) is 0.702. The van der Waals surface area contributed by atoms with E-state index in [0.717, 1.165) is 5.56 Å². The first-order valence-electron chi connectivity index (χ1n) is 5.38. The highest BCUT2D eigenvalue weighted by molar-refractivity contribution is 5.29. The maximum absolute atomic E-state index is 8.92. The topological polar surface area (TPSA) is 20.2 Å². The summed E-state index contributed by atoms with van der Waals surface area (Å²) in [6, 6.07) is 15.6. The number of aryl methyl sites for hydroxylation is 3. The van der Waals surface area contributed by atoms with Gasteiger partial charge in [-0.25, -0.2) is 0 Å². The van der Waals surface area contributed by atoms with Crippen molar-refractivity contribution in [1.82, 2.24) is 0 Å². The number of para-hydroxylation sites is 1. The fourth-order valence-corrected chi connectivity index (χ4v) is 1.23. The van der Waals surface area contributed by atoms with Crippen LogP contribution in [0.1, 0.15) is 16.7 Å². The first-order valence-corrected chi connectivity index (χ1v) is 5.38. The standard InChI is InChI=1S/C8H10.C7H8O/c1-7-5-3-4-6-8(7)2;1-6-4-2-3-5-7(6)8/h3-6H,1-2H3;2-5,8H,1H3. The second-order valence-electron chi connectivity index (χ2n) is 3.87. The molecule has 0 saturated heterocycles. The Balaban J connectivity index is 0.000000160. The predicted octanol–water partition coefficient (Wildman–Crippen LogP) is 4.00. The number of hydrogen-bond donors (Lipinski definition) is 1. The summed E-state index contributed by atoms with van der Waals surface area (Å²) in [5.74, 6) is 0.368. The monoisotopic (exact) mass is 214 g/mol. The highest BCUT2D eigenvalue weighted by Gasteiger charge is 1.87. The van der Waals surface area contributed by atoms with Crippen LogP contribution in [0.4, 0.5) is 0 Å². The molecular formula is C15H18O. The van der Waals surface area contributed by atoms with Crippen LogP contribution in [0.25, 0.3) is 0 Å². The van der Waals surface area contributed by atoms with Crippen molar-refractivity contribution in [1.29, 1.82) is 0 Å². The van der Waals surface area contributed by atoms with Crippen LogP contribution in [0.15, 0.2) is 48.5 Å². The molecule has 0 bridgehead atoms. The van der Waals surface area contributed by atoms with Crippen LogP contribution < -0.4 is 0 Å². The van der Waals surface area contributed by atoms with Crippen molar-refractivity contribution in [3.63, 3.8) is 0 Å². The van der Waals surface area contributed by atoms with E-state index in [1.807, 2.05) is 25.1 Å². The number of aromatic hydroxyl groups is 1. The zero-order valence-corrected chi connectivity index (χ0v) is 10.1. The summed E-state index contributed by atoms with van der Waals surface area (Å²) in [6.07, 6.45) is 0. The van der Waals surface area contributed by atoms with Gasteiger partial charge in [-0.15, -0.1) is 0 Å². The molecule has 0 aliphatic rings. The molecule has 0 fully saturated rings. The molecular weight excluding hydrogens is 196 g/mol. The summed E-state index contributed by atoms with van der Waals surface area (Å²) in [5.41, 5.74) is 3.66. The molecule has 0 aromatic heterocycles. The molecule has 0 aliphatic heterocycles. The lowest BCUT2D eigenvalue weighted by Gasteiger charge is -1.93. The molecule has 2 rings (SSSR count). The van der Waals surface area contributed by atoms with Gasteiger partial charge in [0, 0.05) is 0 Å². The molecule has 0 unspecified atom stereocenters. The zero-order valence-electron chi connectivity index (χ0n) is 10.1. The van der Waals surface area contributed by atoms with Gasteiger partial charge in [0.25, 0.3) is 0 Å². The van der Waals surface area contributed by atoms with E-state index in [2.05, 4.69) is 38.1 Å². The summed E-state index contributed by atoms with van der Waals surface area (Å²) in [5, 5.41) is 8.92. The van der Waals surface area contributed by atoms with Gasteiger partial charge >= 0.3 is 0 Å². The van der Waals surface area contributed by atoms with E-state index in [4.69, 9.17) is 5.11 Å². The van der Waals surface area contributed by atoms with E-state index in [1.165, 1.54) is 11.1 Å². The summed E-state index contributed by atoms with van der Waals surface area (Å²) < 4.78 is 0. The molecule has 0 amide bonds. The number of phenolic OH excluding ortho intramolecular Hbond substituents is 1. The maximum atomic E-state index is 8.92. The van der Waals surface area contributed by atoms with E-state index in [-0.39, 0.29) is 0 Å². The molecule has 1 N–H and O–H groups in total. The molecule has 84 valence electrons. The molecule has 1 nitrogen and oxygen atoms in total. The number of rotatable bonds is 0. The summed E-state index contributed by atoms with van der Waals surface area (Å²) in [6.45, 7) is 6.11. The van der Waals surface area contributed by atoms with Crippen molar-refractivity contribution in [2.45, 2.75) is 20.8 Å². The second-order valence-corrected chi connectivity index (χ2v) is 3.87. The van der Waals surface area contributed by atoms with Crippen molar-refractivity contribution >= 4 is 0 Å². The Hall–Kier alpha value is -1.76. The van der Waals surface area contributed by atoms with Crippen molar-refractivity contribution in [3.8, 4) is 5.75 Å². The van der Waals surface area contributed by atoms with Crippen LogP contribution in [-0.2, 0) is 0 Å². The van der Waals surface area contributed by atoms with Crippen LogP contribution in [0.2, 0.25) is 0 Å². The highest BCUT2D eigenvalue weighted by atomic mass is 16.3. The Bertz CT molecular complexity index is 361. The normalized spacial score (nSPS) is 9.19. The zero-order chi connectivity index (χ0) is 12.0. The smallest absolute Gasteiger partial charge is 0.118 e. The van der Waals surface area contributed by atoms with E-state index < -0.39 is 0 Å². The Kier molecular flexibility index (Phi) is 4.59. The summed E-state index contributed by atoms with van der Waals surface area (Å²) >= 11 is 0. The van der Waals surface area contributed by atoms with Gasteiger partial charge in [-0.05, 0) is 43.5 Å². The number of hydrogen-bond acceptors (Lipinski definition) is 1. The number of benzene rings is 2. The summed E-state index contributed by atoms with van der Waals surface area (Å²) in [7, 11) is 0. The second kappa shape index (κ2) is 5.96. The molecule has 0 saturated carbocycles. The van der Waals surface area contributed by atoms with Crippen molar-refractivity contribution in [2.24, 2.45) is 0 Å². The van der Waals surface area contributed by atoms with E-state index in [0.29, 0.717) is 5.75 Å². The molecule has 0 spiro atoms. The minimum atomic E-state index is 0.368. The minimum Gasteiger partial charge on any atom is -0.508 e. The van der Waals surface area contributed by atoms with Crippen LogP contribution in [0.5, 0.6) is 5.75 Å². The third-order valence-corrected chi connectivity index (χ3v) is 2.54. The van der Waals surface area contributed by atoms with Crippen LogP contribution in [-0.4, -0.2) is 5.11 Å². The van der Waals surface area contributed by atoms with E-state index >= 15 is 0 Å². The Morgan fingerprint density at radius 2 is 1.00 bits per heavy atom. The van der Waals surface area contributed by atoms with E-state index in [9.17, 15) is 0 Å². The lowest BCUT2D eigenvalue weighted by Crippen LogP contribution is -1.74. The van der Waals surface area contributed by atoms with Gasteiger partial charge in [0.1, 0.15) is 5.75 Å². The minimum absolute atomic E-state index is 0.368. The molecule has 1 heteroatoms. The predicted molar refractivity (Wildman–Crippen MR) is 68.8 cm³/mol. The van der Waals surface area contributed by atoms with Crippen molar-refractivity contribution in [2.75, 3.05) is 0 Å². The van der Waals surface area contributed by atoms with Crippen molar-refractivity contribution < 1.29 is 5.11 Å².